The molecule has 0 unspecified atom stereocenters. The van der Waals surface area contributed by atoms with Crippen molar-refractivity contribution in [3.8, 4) is 0 Å². The smallest absolute Gasteiger partial charge is 0.257 e. The van der Waals surface area contributed by atoms with Crippen molar-refractivity contribution in [1.29, 1.82) is 0 Å². The number of hydrogen-bond donors (Lipinski definition) is 0. The fourth-order valence-electron chi connectivity index (χ4n) is 2.76. The molecule has 1 aromatic carbocycles. The quantitative estimate of drug-likeness (QED) is 0.844. The van der Waals surface area contributed by atoms with E-state index in [9.17, 15) is 9.18 Å². The predicted molar refractivity (Wildman–Crippen MR) is 78.7 cm³/mol. The molecular formula is C16H14ClFN2O. The van der Waals surface area contributed by atoms with E-state index in [4.69, 9.17) is 11.6 Å². The summed E-state index contributed by atoms with van der Waals surface area (Å²) in [7, 11) is 0. The minimum atomic E-state index is -0.537. The molecule has 5 heteroatoms. The first-order valence-electron chi connectivity index (χ1n) is 6.83. The molecule has 1 aromatic heterocycles. The second kappa shape index (κ2) is 5.82. The predicted octanol–water partition coefficient (Wildman–Crippen LogP) is 3.85. The van der Waals surface area contributed by atoms with Crippen LogP contribution in [0.3, 0.4) is 0 Å². The number of benzene rings is 1. The lowest BCUT2D eigenvalue weighted by atomic mass is 10.1. The van der Waals surface area contributed by atoms with E-state index in [2.05, 4.69) is 4.98 Å². The number of carbonyl (C=O) groups is 1. The number of nitrogens with zero attached hydrogens (tertiary/aromatic N) is 2. The van der Waals surface area contributed by atoms with E-state index in [1.54, 1.807) is 17.3 Å². The molecule has 2 heterocycles. The van der Waals surface area contributed by atoms with Crippen molar-refractivity contribution < 1.29 is 9.18 Å². The molecule has 1 aliphatic heterocycles. The SMILES string of the molecule is O=C(c1cc(Cl)ccc1F)N1CCC[C@@H]1c1ccncc1. The molecule has 3 nitrogen and oxygen atoms in total. The molecule has 0 saturated carbocycles. The molecule has 1 amide bonds. The Bertz CT molecular complexity index is 663. The van der Waals surface area contributed by atoms with Gasteiger partial charge in [-0.25, -0.2) is 4.39 Å². The number of rotatable bonds is 2. The van der Waals surface area contributed by atoms with Crippen LogP contribution in [0.25, 0.3) is 0 Å². The summed E-state index contributed by atoms with van der Waals surface area (Å²) in [5, 5.41) is 0.361. The fraction of sp³-hybridized carbons (Fsp3) is 0.250. The van der Waals surface area contributed by atoms with E-state index in [1.165, 1.54) is 18.2 Å². The van der Waals surface area contributed by atoms with Gasteiger partial charge in [0.1, 0.15) is 5.82 Å². The summed E-state index contributed by atoms with van der Waals surface area (Å²) in [5.41, 5.74) is 1.06. The number of pyridine rings is 1. The van der Waals surface area contributed by atoms with Gasteiger partial charge in [-0.2, -0.15) is 0 Å². The van der Waals surface area contributed by atoms with Gasteiger partial charge < -0.3 is 4.90 Å². The van der Waals surface area contributed by atoms with E-state index in [-0.39, 0.29) is 17.5 Å². The summed E-state index contributed by atoms with van der Waals surface area (Å²) in [6.45, 7) is 0.623. The van der Waals surface area contributed by atoms with Crippen LogP contribution in [0.15, 0.2) is 42.7 Å². The molecule has 0 N–H and O–H groups in total. The monoisotopic (exact) mass is 304 g/mol. The Morgan fingerprint density at radius 1 is 1.29 bits per heavy atom. The Labute approximate surface area is 127 Å². The van der Waals surface area contributed by atoms with Gasteiger partial charge in [0.25, 0.3) is 5.91 Å². The van der Waals surface area contributed by atoms with E-state index >= 15 is 0 Å². The summed E-state index contributed by atoms with van der Waals surface area (Å²) < 4.78 is 13.9. The Morgan fingerprint density at radius 2 is 2.05 bits per heavy atom. The van der Waals surface area contributed by atoms with Gasteiger partial charge in [0.2, 0.25) is 0 Å². The van der Waals surface area contributed by atoms with Crippen LogP contribution < -0.4 is 0 Å². The second-order valence-electron chi connectivity index (χ2n) is 5.06. The molecule has 1 saturated heterocycles. The number of halogens is 2. The van der Waals surface area contributed by atoms with Gasteiger partial charge in [-0.3, -0.25) is 9.78 Å². The molecule has 0 spiro atoms. The van der Waals surface area contributed by atoms with E-state index in [1.807, 2.05) is 12.1 Å². The lowest BCUT2D eigenvalue weighted by Crippen LogP contribution is -2.31. The third-order valence-electron chi connectivity index (χ3n) is 3.76. The van der Waals surface area contributed by atoms with Gasteiger partial charge in [0.15, 0.2) is 0 Å². The molecule has 1 fully saturated rings. The number of aromatic nitrogens is 1. The third kappa shape index (κ3) is 2.76. The molecule has 1 atom stereocenters. The first-order valence-corrected chi connectivity index (χ1v) is 7.20. The highest BCUT2D eigenvalue weighted by Gasteiger charge is 2.31. The molecule has 21 heavy (non-hydrogen) atoms. The van der Waals surface area contributed by atoms with Gasteiger partial charge in [-0.1, -0.05) is 11.6 Å². The minimum absolute atomic E-state index is 0.0288. The third-order valence-corrected chi connectivity index (χ3v) is 4.00. The van der Waals surface area contributed by atoms with Crippen LogP contribution in [0.5, 0.6) is 0 Å². The standard InChI is InChI=1S/C16H14ClFN2O/c17-12-3-4-14(18)13(10-12)16(21)20-9-1-2-15(20)11-5-7-19-8-6-11/h3-8,10,15H,1-2,9H2/t15-/m1/s1. The summed E-state index contributed by atoms with van der Waals surface area (Å²) in [4.78, 5) is 18.3. The first kappa shape index (κ1) is 14.0. The maximum absolute atomic E-state index is 13.9. The highest BCUT2D eigenvalue weighted by molar-refractivity contribution is 6.31. The molecule has 108 valence electrons. The average molecular weight is 305 g/mol. The lowest BCUT2D eigenvalue weighted by molar-refractivity contribution is 0.0731. The fourth-order valence-corrected chi connectivity index (χ4v) is 2.93. The van der Waals surface area contributed by atoms with E-state index in [0.717, 1.165) is 18.4 Å². The van der Waals surface area contributed by atoms with Gasteiger partial charge in [-0.15, -0.1) is 0 Å². The zero-order valence-corrected chi connectivity index (χ0v) is 12.1. The van der Waals surface area contributed by atoms with Gasteiger partial charge >= 0.3 is 0 Å². The summed E-state index contributed by atoms with van der Waals surface area (Å²) in [6, 6.07) is 7.82. The normalized spacial score (nSPS) is 18.0. The molecule has 0 radical (unpaired) electrons. The van der Waals surface area contributed by atoms with Crippen LogP contribution in [0.1, 0.15) is 34.8 Å². The Morgan fingerprint density at radius 3 is 2.81 bits per heavy atom. The summed E-state index contributed by atoms with van der Waals surface area (Å²) >= 11 is 5.88. The maximum Gasteiger partial charge on any atom is 0.257 e. The van der Waals surface area contributed by atoms with Crippen molar-refractivity contribution in [2.75, 3.05) is 6.54 Å². The highest BCUT2D eigenvalue weighted by Crippen LogP contribution is 2.33. The summed E-state index contributed by atoms with van der Waals surface area (Å²) in [5.74, 6) is -0.848. The van der Waals surface area contributed by atoms with Gasteiger partial charge in [-0.05, 0) is 48.7 Å². The zero-order chi connectivity index (χ0) is 14.8. The minimum Gasteiger partial charge on any atom is -0.332 e. The number of hydrogen-bond acceptors (Lipinski definition) is 2. The van der Waals surface area contributed by atoms with Crippen LogP contribution in [0.4, 0.5) is 4.39 Å². The Balaban J connectivity index is 1.92. The van der Waals surface area contributed by atoms with Crippen molar-refractivity contribution in [2.45, 2.75) is 18.9 Å². The van der Waals surface area contributed by atoms with Gasteiger partial charge in [0.05, 0.1) is 11.6 Å². The second-order valence-corrected chi connectivity index (χ2v) is 5.50. The van der Waals surface area contributed by atoms with Crippen LogP contribution in [-0.4, -0.2) is 22.3 Å². The molecule has 1 aliphatic rings. The van der Waals surface area contributed by atoms with Crippen molar-refractivity contribution >= 4 is 17.5 Å². The summed E-state index contributed by atoms with van der Waals surface area (Å²) in [6.07, 6.45) is 5.19. The largest absolute Gasteiger partial charge is 0.332 e. The van der Waals surface area contributed by atoms with E-state index < -0.39 is 5.82 Å². The van der Waals surface area contributed by atoms with Crippen LogP contribution >= 0.6 is 11.6 Å². The molecular weight excluding hydrogens is 291 g/mol. The van der Waals surface area contributed by atoms with Crippen LogP contribution in [0.2, 0.25) is 5.02 Å². The number of likely N-dealkylation sites (tertiary alicyclic amines) is 1. The molecule has 0 bridgehead atoms. The van der Waals surface area contributed by atoms with Gasteiger partial charge in [0, 0.05) is 24.0 Å². The lowest BCUT2D eigenvalue weighted by Gasteiger charge is -2.25. The van der Waals surface area contributed by atoms with Crippen LogP contribution in [0, 0.1) is 5.82 Å². The molecule has 2 aromatic rings. The topological polar surface area (TPSA) is 33.2 Å². The molecule has 3 rings (SSSR count). The highest BCUT2D eigenvalue weighted by atomic mass is 35.5. The Kier molecular flexibility index (Phi) is 3.88. The average Bonchev–Trinajstić information content (AvgIpc) is 2.99. The van der Waals surface area contributed by atoms with Crippen LogP contribution in [-0.2, 0) is 0 Å². The zero-order valence-electron chi connectivity index (χ0n) is 11.3. The number of carbonyl (C=O) groups excluding carboxylic acids is 1. The maximum atomic E-state index is 13.9. The van der Waals surface area contributed by atoms with Crippen molar-refractivity contribution in [3.05, 3.63) is 64.7 Å². The van der Waals surface area contributed by atoms with E-state index in [0.29, 0.717) is 11.6 Å². The van der Waals surface area contributed by atoms with Crippen molar-refractivity contribution in [2.24, 2.45) is 0 Å². The molecule has 0 aliphatic carbocycles. The first-order chi connectivity index (χ1) is 10.2. The van der Waals surface area contributed by atoms with Crippen molar-refractivity contribution in [3.63, 3.8) is 0 Å². The number of amides is 1. The Hall–Kier alpha value is -1.94. The van der Waals surface area contributed by atoms with Crippen molar-refractivity contribution in [1.82, 2.24) is 9.88 Å².